The van der Waals surface area contributed by atoms with Crippen molar-refractivity contribution in [2.75, 3.05) is 0 Å². The highest BCUT2D eigenvalue weighted by atomic mass is 79.9. The molecule has 31 heavy (non-hydrogen) atoms. The van der Waals surface area contributed by atoms with Crippen LogP contribution in [0.4, 0.5) is 0 Å². The first kappa shape index (κ1) is 22.8. The Labute approximate surface area is 191 Å². The number of unbranched alkanes of at least 4 members (excludes halogenated alkanes) is 1. The summed E-state index contributed by atoms with van der Waals surface area (Å²) in [5.74, 6) is 0.543. The molecule has 1 heterocycles. The van der Waals surface area contributed by atoms with Crippen LogP contribution in [0, 0.1) is 11.3 Å². The van der Waals surface area contributed by atoms with Crippen molar-refractivity contribution >= 4 is 15.9 Å². The first-order chi connectivity index (χ1) is 15.0. The highest BCUT2D eigenvalue weighted by Gasteiger charge is 2.23. The fraction of sp³-hybridized carbons (Fsp3) is 0.320. The van der Waals surface area contributed by atoms with Crippen LogP contribution in [-0.4, -0.2) is 14.7 Å². The minimum Gasteiger partial charge on any atom is -0.494 e. The van der Waals surface area contributed by atoms with Crippen molar-refractivity contribution in [1.82, 2.24) is 9.55 Å². The standard InChI is InChI=1S/C25H26BrN3O2/c1-3-5-9-23-28-24(30)21(15-17-10-12-20(26)13-11-17)25(31)29(23)22(4-2)19-8-6-7-18(14-19)16-27/h6-8,10-14,22,31H,3-5,9,15H2,1-2H3. The number of aryl methyl sites for hydroxylation is 1. The van der Waals surface area contributed by atoms with E-state index in [1.807, 2.05) is 49.4 Å². The van der Waals surface area contributed by atoms with Gasteiger partial charge in [0, 0.05) is 17.3 Å². The summed E-state index contributed by atoms with van der Waals surface area (Å²) in [7, 11) is 0. The fourth-order valence-corrected chi connectivity index (χ4v) is 4.05. The second-order valence-electron chi connectivity index (χ2n) is 7.57. The molecule has 0 saturated carbocycles. The van der Waals surface area contributed by atoms with Gasteiger partial charge in [0.15, 0.2) is 0 Å². The minimum atomic E-state index is -0.386. The van der Waals surface area contributed by atoms with Crippen LogP contribution < -0.4 is 5.56 Å². The largest absolute Gasteiger partial charge is 0.494 e. The van der Waals surface area contributed by atoms with Gasteiger partial charge in [-0.15, -0.1) is 0 Å². The lowest BCUT2D eigenvalue weighted by Gasteiger charge is -2.25. The molecule has 3 rings (SSSR count). The number of aromatic hydroxyl groups is 1. The van der Waals surface area contributed by atoms with Gasteiger partial charge in [0.25, 0.3) is 5.56 Å². The van der Waals surface area contributed by atoms with Gasteiger partial charge < -0.3 is 5.11 Å². The molecule has 3 aromatic rings. The van der Waals surface area contributed by atoms with Crippen LogP contribution in [-0.2, 0) is 12.8 Å². The van der Waals surface area contributed by atoms with E-state index in [1.54, 1.807) is 10.6 Å². The summed E-state index contributed by atoms with van der Waals surface area (Å²) in [5.41, 5.74) is 2.30. The number of hydrogen-bond donors (Lipinski definition) is 1. The Bertz CT molecular complexity index is 1150. The molecule has 0 radical (unpaired) electrons. The molecule has 0 saturated heterocycles. The first-order valence-corrected chi connectivity index (χ1v) is 11.4. The van der Waals surface area contributed by atoms with Crippen molar-refractivity contribution < 1.29 is 5.11 Å². The van der Waals surface area contributed by atoms with Gasteiger partial charge in [-0.2, -0.15) is 10.2 Å². The molecule has 2 aromatic carbocycles. The Kier molecular flexibility index (Phi) is 7.64. The van der Waals surface area contributed by atoms with Gasteiger partial charge in [-0.05, 0) is 48.2 Å². The molecule has 1 atom stereocenters. The van der Waals surface area contributed by atoms with E-state index in [-0.39, 0.29) is 23.0 Å². The maximum atomic E-state index is 12.9. The van der Waals surface area contributed by atoms with E-state index in [1.165, 1.54) is 0 Å². The number of rotatable bonds is 8. The maximum Gasteiger partial charge on any atom is 0.280 e. The number of hydrogen-bond acceptors (Lipinski definition) is 4. The molecule has 5 nitrogen and oxygen atoms in total. The third-order valence-corrected chi connectivity index (χ3v) is 5.94. The monoisotopic (exact) mass is 479 g/mol. The van der Waals surface area contributed by atoms with Crippen LogP contribution in [0.5, 0.6) is 5.88 Å². The van der Waals surface area contributed by atoms with Gasteiger partial charge >= 0.3 is 0 Å². The van der Waals surface area contributed by atoms with Crippen LogP contribution in [0.1, 0.15) is 67.2 Å². The molecule has 0 amide bonds. The van der Waals surface area contributed by atoms with Gasteiger partial charge in [-0.25, -0.2) is 0 Å². The Hall–Kier alpha value is -2.91. The molecule has 0 aliphatic rings. The minimum absolute atomic E-state index is 0.0387. The lowest BCUT2D eigenvalue weighted by molar-refractivity contribution is 0.368. The number of nitriles is 1. The van der Waals surface area contributed by atoms with Crippen LogP contribution in [0.2, 0.25) is 0 Å². The molecule has 1 aromatic heterocycles. The van der Waals surface area contributed by atoms with Crippen molar-refractivity contribution in [2.24, 2.45) is 0 Å². The Morgan fingerprint density at radius 2 is 1.94 bits per heavy atom. The predicted octanol–water partition coefficient (Wildman–Crippen LogP) is 5.52. The molecule has 0 aliphatic carbocycles. The average molecular weight is 480 g/mol. The highest BCUT2D eigenvalue weighted by molar-refractivity contribution is 9.10. The summed E-state index contributed by atoms with van der Waals surface area (Å²) in [6, 6.07) is 17.0. The van der Waals surface area contributed by atoms with Crippen molar-refractivity contribution in [2.45, 2.75) is 52.0 Å². The summed E-state index contributed by atoms with van der Waals surface area (Å²) in [5, 5.41) is 20.6. The summed E-state index contributed by atoms with van der Waals surface area (Å²) in [4.78, 5) is 17.3. The lowest BCUT2D eigenvalue weighted by Crippen LogP contribution is -2.25. The van der Waals surface area contributed by atoms with Crippen molar-refractivity contribution in [1.29, 1.82) is 5.26 Å². The third kappa shape index (κ3) is 5.23. The van der Waals surface area contributed by atoms with E-state index in [0.717, 1.165) is 28.4 Å². The first-order valence-electron chi connectivity index (χ1n) is 10.6. The van der Waals surface area contributed by atoms with E-state index in [4.69, 9.17) is 0 Å². The molecule has 0 fully saturated rings. The smallest absolute Gasteiger partial charge is 0.280 e. The SMILES string of the molecule is CCCCc1nc(=O)c(Cc2ccc(Br)cc2)c(O)n1C(CC)c1cccc(C#N)c1. The van der Waals surface area contributed by atoms with E-state index in [9.17, 15) is 15.2 Å². The molecule has 0 bridgehead atoms. The molecular weight excluding hydrogens is 454 g/mol. The van der Waals surface area contributed by atoms with Crippen LogP contribution in [0.15, 0.2) is 57.8 Å². The summed E-state index contributed by atoms with van der Waals surface area (Å²) < 4.78 is 2.75. The van der Waals surface area contributed by atoms with Gasteiger partial charge in [0.1, 0.15) is 5.82 Å². The number of benzene rings is 2. The molecule has 6 heteroatoms. The van der Waals surface area contributed by atoms with Crippen molar-refractivity contribution in [3.63, 3.8) is 0 Å². The Morgan fingerprint density at radius 1 is 1.19 bits per heavy atom. The summed E-state index contributed by atoms with van der Waals surface area (Å²) in [6.07, 6.45) is 3.41. The van der Waals surface area contributed by atoms with Gasteiger partial charge in [-0.1, -0.05) is 60.5 Å². The van der Waals surface area contributed by atoms with E-state index < -0.39 is 0 Å². The van der Waals surface area contributed by atoms with E-state index in [2.05, 4.69) is 33.9 Å². The van der Waals surface area contributed by atoms with Gasteiger partial charge in [-0.3, -0.25) is 9.36 Å². The maximum absolute atomic E-state index is 12.9. The second-order valence-corrected chi connectivity index (χ2v) is 8.49. The van der Waals surface area contributed by atoms with Gasteiger partial charge in [0.2, 0.25) is 5.88 Å². The highest BCUT2D eigenvalue weighted by Crippen LogP contribution is 2.31. The zero-order valence-corrected chi connectivity index (χ0v) is 19.4. The third-order valence-electron chi connectivity index (χ3n) is 5.41. The number of nitrogens with zero attached hydrogens (tertiary/aromatic N) is 3. The Morgan fingerprint density at radius 3 is 2.58 bits per heavy atom. The molecule has 0 spiro atoms. The summed E-state index contributed by atoms with van der Waals surface area (Å²) in [6.45, 7) is 4.11. The van der Waals surface area contributed by atoms with Crippen molar-refractivity contribution in [3.05, 3.63) is 91.4 Å². The summed E-state index contributed by atoms with van der Waals surface area (Å²) >= 11 is 3.42. The number of aromatic nitrogens is 2. The van der Waals surface area contributed by atoms with E-state index in [0.29, 0.717) is 30.7 Å². The molecular formula is C25H26BrN3O2. The normalized spacial score (nSPS) is 11.8. The zero-order valence-electron chi connectivity index (χ0n) is 17.8. The molecule has 160 valence electrons. The van der Waals surface area contributed by atoms with Crippen LogP contribution in [0.25, 0.3) is 0 Å². The second kappa shape index (κ2) is 10.4. The molecule has 1 N–H and O–H groups in total. The quantitative estimate of drug-likeness (QED) is 0.461. The van der Waals surface area contributed by atoms with E-state index >= 15 is 0 Å². The number of halogens is 1. The van der Waals surface area contributed by atoms with Crippen LogP contribution >= 0.6 is 15.9 Å². The van der Waals surface area contributed by atoms with Gasteiger partial charge in [0.05, 0.1) is 23.2 Å². The fourth-order valence-electron chi connectivity index (χ4n) is 3.78. The zero-order chi connectivity index (χ0) is 22.4. The topological polar surface area (TPSA) is 78.9 Å². The van der Waals surface area contributed by atoms with Crippen LogP contribution in [0.3, 0.4) is 0 Å². The van der Waals surface area contributed by atoms with Crippen molar-refractivity contribution in [3.8, 4) is 11.9 Å². The molecule has 1 unspecified atom stereocenters. The molecule has 0 aliphatic heterocycles. The Balaban J connectivity index is 2.15. The predicted molar refractivity (Wildman–Crippen MR) is 125 cm³/mol. The lowest BCUT2D eigenvalue weighted by atomic mass is 10.00. The average Bonchev–Trinajstić information content (AvgIpc) is 2.78.